The molecule has 0 saturated heterocycles. The number of hydrogen-bond donors (Lipinski definition) is 1. The number of nitrogens with zero attached hydrogens (tertiary/aromatic N) is 2. The Morgan fingerprint density at radius 2 is 1.70 bits per heavy atom. The Morgan fingerprint density at radius 1 is 0.973 bits per heavy atom. The first-order chi connectivity index (χ1) is 17.9. The van der Waals surface area contributed by atoms with E-state index >= 15 is 0 Å². The van der Waals surface area contributed by atoms with E-state index in [1.165, 1.54) is 11.3 Å². The summed E-state index contributed by atoms with van der Waals surface area (Å²) < 4.78 is 12.2. The number of fused-ring (bicyclic) bond motifs is 1. The first kappa shape index (κ1) is 23.7. The van der Waals surface area contributed by atoms with E-state index in [1.807, 2.05) is 48.7 Å². The third-order valence-corrected chi connectivity index (χ3v) is 7.66. The summed E-state index contributed by atoms with van der Waals surface area (Å²) in [5.74, 6) is 0.317. The molecule has 6 rings (SSSR count). The standard InChI is InChI=1S/C28H16BrClN2O4S/c1-14-24(16-4-8-18(30)9-5-16)26(36-32-14)19-10-11-23-20(25(19)33)12-21(28(34)35-23)27-31-22(13-37-27)15-2-6-17(29)7-3-15/h2-13,33H,1H3. The molecule has 0 aliphatic carbocycles. The quantitative estimate of drug-likeness (QED) is 0.207. The van der Waals surface area contributed by atoms with Crippen LogP contribution in [0.15, 0.2) is 90.3 Å². The molecule has 0 fully saturated rings. The second kappa shape index (κ2) is 9.30. The lowest BCUT2D eigenvalue weighted by molar-refractivity contribution is 0.422. The molecule has 6 aromatic rings. The van der Waals surface area contributed by atoms with Crippen molar-refractivity contribution < 1.29 is 14.0 Å². The first-order valence-corrected chi connectivity index (χ1v) is 13.2. The highest BCUT2D eigenvalue weighted by Crippen LogP contribution is 2.42. The van der Waals surface area contributed by atoms with Crippen LogP contribution in [0.4, 0.5) is 0 Å². The highest BCUT2D eigenvalue weighted by Gasteiger charge is 2.22. The van der Waals surface area contributed by atoms with E-state index in [0.717, 1.165) is 26.9 Å². The zero-order valence-corrected chi connectivity index (χ0v) is 22.3. The van der Waals surface area contributed by atoms with Gasteiger partial charge in [0.25, 0.3) is 0 Å². The molecule has 0 atom stereocenters. The number of aryl methyl sites for hydroxylation is 1. The van der Waals surface area contributed by atoms with Crippen LogP contribution in [0, 0.1) is 6.92 Å². The van der Waals surface area contributed by atoms with Crippen LogP contribution in [0.2, 0.25) is 5.02 Å². The molecule has 0 unspecified atom stereocenters. The lowest BCUT2D eigenvalue weighted by atomic mass is 9.98. The van der Waals surface area contributed by atoms with Crippen molar-refractivity contribution in [1.29, 1.82) is 0 Å². The summed E-state index contributed by atoms with van der Waals surface area (Å²) in [6.45, 7) is 1.83. The van der Waals surface area contributed by atoms with Crippen molar-refractivity contribution in [3.05, 3.63) is 97.7 Å². The summed E-state index contributed by atoms with van der Waals surface area (Å²) >= 11 is 10.8. The van der Waals surface area contributed by atoms with Gasteiger partial charge in [-0.15, -0.1) is 11.3 Å². The van der Waals surface area contributed by atoms with Gasteiger partial charge in [0, 0.05) is 20.4 Å². The molecule has 0 radical (unpaired) electrons. The van der Waals surface area contributed by atoms with Crippen molar-refractivity contribution in [3.63, 3.8) is 0 Å². The molecular weight excluding hydrogens is 576 g/mol. The Labute approximate surface area is 227 Å². The van der Waals surface area contributed by atoms with Gasteiger partial charge in [-0.1, -0.05) is 57.0 Å². The first-order valence-electron chi connectivity index (χ1n) is 11.1. The summed E-state index contributed by atoms with van der Waals surface area (Å²) in [6, 6.07) is 19.9. The van der Waals surface area contributed by atoms with E-state index in [0.29, 0.717) is 32.4 Å². The minimum atomic E-state index is -0.534. The van der Waals surface area contributed by atoms with Crippen molar-refractivity contribution in [1.82, 2.24) is 10.1 Å². The molecule has 3 heterocycles. The summed E-state index contributed by atoms with van der Waals surface area (Å²) in [5.41, 5.74) is 4.33. The Hall–Kier alpha value is -3.72. The van der Waals surface area contributed by atoms with Crippen LogP contribution in [0.3, 0.4) is 0 Å². The Bertz CT molecular complexity index is 1840. The number of halogens is 2. The smallest absolute Gasteiger partial charge is 0.346 e. The van der Waals surface area contributed by atoms with Crippen molar-refractivity contribution in [2.45, 2.75) is 6.92 Å². The van der Waals surface area contributed by atoms with Gasteiger partial charge in [0.05, 0.1) is 33.5 Å². The van der Waals surface area contributed by atoms with Crippen LogP contribution in [0.1, 0.15) is 5.69 Å². The molecule has 0 amide bonds. The number of benzene rings is 3. The van der Waals surface area contributed by atoms with Gasteiger partial charge in [-0.3, -0.25) is 0 Å². The number of hydrogen-bond acceptors (Lipinski definition) is 7. The zero-order chi connectivity index (χ0) is 25.7. The van der Waals surface area contributed by atoms with E-state index in [2.05, 4.69) is 26.1 Å². The van der Waals surface area contributed by atoms with Crippen molar-refractivity contribution in [3.8, 4) is 50.0 Å². The van der Waals surface area contributed by atoms with Crippen LogP contribution in [-0.2, 0) is 0 Å². The number of phenols is 1. The normalized spacial score (nSPS) is 11.3. The maximum Gasteiger partial charge on any atom is 0.346 e. The lowest BCUT2D eigenvalue weighted by Crippen LogP contribution is -2.02. The monoisotopic (exact) mass is 590 g/mol. The third kappa shape index (κ3) is 4.27. The molecule has 0 aliphatic heterocycles. The molecule has 0 saturated carbocycles. The van der Waals surface area contributed by atoms with E-state index in [1.54, 1.807) is 30.3 Å². The van der Waals surface area contributed by atoms with Gasteiger partial charge in [0.1, 0.15) is 16.3 Å². The largest absolute Gasteiger partial charge is 0.506 e. The highest BCUT2D eigenvalue weighted by molar-refractivity contribution is 9.10. The van der Waals surface area contributed by atoms with Gasteiger partial charge in [-0.05, 0) is 55.0 Å². The number of phenolic OH excluding ortho intramolecular Hbond substituents is 1. The minimum Gasteiger partial charge on any atom is -0.506 e. The average molecular weight is 592 g/mol. The number of aromatic nitrogens is 2. The molecule has 37 heavy (non-hydrogen) atoms. The SMILES string of the molecule is Cc1noc(-c2ccc3oc(=O)c(-c4nc(-c5ccc(Br)cc5)cs4)cc3c2O)c1-c1ccc(Cl)cc1. The highest BCUT2D eigenvalue weighted by atomic mass is 79.9. The fourth-order valence-electron chi connectivity index (χ4n) is 4.17. The average Bonchev–Trinajstić information content (AvgIpc) is 3.52. The molecular formula is C28H16BrClN2O4S. The van der Waals surface area contributed by atoms with E-state index in [-0.39, 0.29) is 16.9 Å². The van der Waals surface area contributed by atoms with Gasteiger partial charge in [0.15, 0.2) is 5.76 Å². The molecule has 0 spiro atoms. The van der Waals surface area contributed by atoms with Crippen LogP contribution in [-0.4, -0.2) is 15.2 Å². The van der Waals surface area contributed by atoms with E-state index in [4.69, 9.17) is 20.5 Å². The molecule has 0 bridgehead atoms. The zero-order valence-electron chi connectivity index (χ0n) is 19.2. The van der Waals surface area contributed by atoms with E-state index in [9.17, 15) is 9.90 Å². The lowest BCUT2D eigenvalue weighted by Gasteiger charge is -2.08. The van der Waals surface area contributed by atoms with Crippen LogP contribution >= 0.6 is 38.9 Å². The number of thiazole rings is 1. The third-order valence-electron chi connectivity index (χ3n) is 6.00. The summed E-state index contributed by atoms with van der Waals surface area (Å²) in [5, 5.41) is 18.8. The maximum atomic E-state index is 12.8. The molecule has 3 aromatic carbocycles. The maximum absolute atomic E-state index is 12.8. The summed E-state index contributed by atoms with van der Waals surface area (Å²) in [7, 11) is 0. The second-order valence-electron chi connectivity index (χ2n) is 8.34. The Balaban J connectivity index is 1.47. The van der Waals surface area contributed by atoms with Gasteiger partial charge < -0.3 is 14.0 Å². The number of aromatic hydroxyl groups is 1. The molecule has 3 aromatic heterocycles. The Kier molecular flexibility index (Phi) is 5.95. The minimum absolute atomic E-state index is 0.0847. The molecule has 0 aliphatic rings. The van der Waals surface area contributed by atoms with Crippen LogP contribution in [0.5, 0.6) is 5.75 Å². The van der Waals surface area contributed by atoms with Crippen LogP contribution in [0.25, 0.3) is 55.2 Å². The fourth-order valence-corrected chi connectivity index (χ4v) is 5.39. The van der Waals surface area contributed by atoms with Gasteiger partial charge in [0.2, 0.25) is 0 Å². The predicted molar refractivity (Wildman–Crippen MR) is 149 cm³/mol. The molecule has 182 valence electrons. The fraction of sp³-hybridized carbons (Fsp3) is 0.0357. The molecule has 9 heteroatoms. The van der Waals surface area contributed by atoms with Crippen molar-refractivity contribution in [2.24, 2.45) is 0 Å². The Morgan fingerprint density at radius 3 is 2.46 bits per heavy atom. The molecule has 6 nitrogen and oxygen atoms in total. The van der Waals surface area contributed by atoms with Gasteiger partial charge in [-0.25, -0.2) is 9.78 Å². The number of rotatable bonds is 4. The second-order valence-corrected chi connectivity index (χ2v) is 10.6. The molecule has 1 N–H and O–H groups in total. The predicted octanol–water partition coefficient (Wildman–Crippen LogP) is 8.34. The summed E-state index contributed by atoms with van der Waals surface area (Å²) in [6.07, 6.45) is 0. The van der Waals surface area contributed by atoms with Crippen LogP contribution < -0.4 is 5.63 Å². The van der Waals surface area contributed by atoms with Crippen molar-refractivity contribution in [2.75, 3.05) is 0 Å². The summed E-state index contributed by atoms with van der Waals surface area (Å²) in [4.78, 5) is 17.5. The van der Waals surface area contributed by atoms with Gasteiger partial charge in [-0.2, -0.15) is 0 Å². The van der Waals surface area contributed by atoms with Gasteiger partial charge >= 0.3 is 5.63 Å². The topological polar surface area (TPSA) is 89.4 Å². The van der Waals surface area contributed by atoms with Crippen molar-refractivity contribution >= 4 is 49.8 Å². The van der Waals surface area contributed by atoms with E-state index < -0.39 is 5.63 Å².